The summed E-state index contributed by atoms with van der Waals surface area (Å²) >= 11 is 0. The number of halogens is 1. The third kappa shape index (κ3) is 4.27. The molecule has 0 bridgehead atoms. The Labute approximate surface area is 171 Å². The molecule has 0 unspecified atom stereocenters. The lowest BCUT2D eigenvalue weighted by Gasteiger charge is -2.24. The maximum atomic E-state index is 14.0. The average Bonchev–Trinajstić information content (AvgIpc) is 2.72. The summed E-state index contributed by atoms with van der Waals surface area (Å²) < 4.78 is 14.0. The highest BCUT2D eigenvalue weighted by molar-refractivity contribution is 6.12. The Bertz CT molecular complexity index is 1150. The number of anilines is 1. The number of nitrogens with zero attached hydrogens (tertiary/aromatic N) is 2. The van der Waals surface area contributed by atoms with Gasteiger partial charge in [-0.3, -0.25) is 19.7 Å². The molecular weight excluding hydrogens is 391 g/mol. The van der Waals surface area contributed by atoms with Crippen molar-refractivity contribution in [2.45, 2.75) is 19.8 Å². The number of nitro benzene ring substituents is 1. The molecule has 0 heterocycles. The molecule has 0 spiro atoms. The maximum Gasteiger partial charge on any atom is 0.303 e. The highest BCUT2D eigenvalue weighted by Crippen LogP contribution is 2.34. The lowest BCUT2D eigenvalue weighted by Crippen LogP contribution is -2.32. The first-order valence-corrected chi connectivity index (χ1v) is 9.25. The molecule has 30 heavy (non-hydrogen) atoms. The van der Waals surface area contributed by atoms with Crippen LogP contribution in [0.5, 0.6) is 0 Å². The smallest absolute Gasteiger partial charge is 0.303 e. The molecule has 1 N–H and O–H groups in total. The molecule has 0 radical (unpaired) electrons. The van der Waals surface area contributed by atoms with Crippen LogP contribution in [0.4, 0.5) is 15.8 Å². The molecule has 154 valence electrons. The fourth-order valence-corrected chi connectivity index (χ4v) is 3.26. The zero-order chi connectivity index (χ0) is 21.8. The van der Waals surface area contributed by atoms with Gasteiger partial charge in [0.25, 0.3) is 11.6 Å². The van der Waals surface area contributed by atoms with Crippen molar-refractivity contribution in [3.8, 4) is 0 Å². The number of aliphatic carboxylic acids is 1. The first-order chi connectivity index (χ1) is 14.3. The Morgan fingerprint density at radius 1 is 1.10 bits per heavy atom. The minimum absolute atomic E-state index is 0.0580. The fourth-order valence-electron chi connectivity index (χ4n) is 3.26. The number of carboxylic acid groups (broad SMARTS) is 1. The Kier molecular flexibility index (Phi) is 6.06. The third-order valence-corrected chi connectivity index (χ3v) is 4.80. The van der Waals surface area contributed by atoms with E-state index in [9.17, 15) is 24.1 Å². The van der Waals surface area contributed by atoms with Gasteiger partial charge in [0.2, 0.25) is 0 Å². The number of amides is 1. The molecule has 0 aliphatic rings. The van der Waals surface area contributed by atoms with E-state index in [-0.39, 0.29) is 30.6 Å². The predicted octanol–water partition coefficient (Wildman–Crippen LogP) is 4.71. The number of carbonyl (C=O) groups is 2. The van der Waals surface area contributed by atoms with Crippen molar-refractivity contribution in [2.75, 3.05) is 11.4 Å². The molecule has 1 amide bonds. The van der Waals surface area contributed by atoms with Crippen LogP contribution in [0, 0.1) is 22.9 Å². The van der Waals surface area contributed by atoms with Gasteiger partial charge in [0.05, 0.1) is 16.0 Å². The van der Waals surface area contributed by atoms with Crippen LogP contribution in [0.25, 0.3) is 10.8 Å². The van der Waals surface area contributed by atoms with Crippen LogP contribution < -0.4 is 4.90 Å². The zero-order valence-corrected chi connectivity index (χ0v) is 16.2. The Morgan fingerprint density at radius 2 is 1.80 bits per heavy atom. The average molecular weight is 410 g/mol. The van der Waals surface area contributed by atoms with Gasteiger partial charge in [-0.1, -0.05) is 24.3 Å². The van der Waals surface area contributed by atoms with E-state index in [1.807, 2.05) is 0 Å². The second kappa shape index (κ2) is 8.69. The van der Waals surface area contributed by atoms with E-state index in [1.165, 1.54) is 29.2 Å². The van der Waals surface area contributed by atoms with Gasteiger partial charge in [-0.25, -0.2) is 4.39 Å². The molecule has 8 heteroatoms. The van der Waals surface area contributed by atoms with E-state index in [2.05, 4.69) is 0 Å². The van der Waals surface area contributed by atoms with Gasteiger partial charge in [-0.05, 0) is 43.2 Å². The maximum absolute atomic E-state index is 14.0. The van der Waals surface area contributed by atoms with Gasteiger partial charge in [-0.2, -0.15) is 0 Å². The fraction of sp³-hybridized carbons (Fsp3) is 0.182. The number of benzene rings is 3. The number of fused-ring (bicyclic) bond motifs is 1. The molecule has 7 nitrogen and oxygen atoms in total. The van der Waals surface area contributed by atoms with Crippen molar-refractivity contribution < 1.29 is 24.0 Å². The summed E-state index contributed by atoms with van der Waals surface area (Å²) in [5.41, 5.74) is 0.793. The van der Waals surface area contributed by atoms with Crippen LogP contribution in [-0.2, 0) is 4.79 Å². The molecule has 3 aromatic rings. The van der Waals surface area contributed by atoms with Crippen LogP contribution >= 0.6 is 0 Å². The number of nitro groups is 1. The second-order valence-corrected chi connectivity index (χ2v) is 6.82. The Balaban J connectivity index is 2.11. The Morgan fingerprint density at radius 3 is 2.43 bits per heavy atom. The van der Waals surface area contributed by atoms with Crippen molar-refractivity contribution in [1.82, 2.24) is 0 Å². The zero-order valence-electron chi connectivity index (χ0n) is 16.2. The summed E-state index contributed by atoms with van der Waals surface area (Å²) in [7, 11) is 0. The molecule has 0 saturated heterocycles. The monoisotopic (exact) mass is 410 g/mol. The molecule has 0 aromatic heterocycles. The molecule has 0 saturated carbocycles. The van der Waals surface area contributed by atoms with Crippen molar-refractivity contribution in [3.05, 3.63) is 81.7 Å². The summed E-state index contributed by atoms with van der Waals surface area (Å²) in [5.74, 6) is -2.05. The van der Waals surface area contributed by atoms with Crippen LogP contribution in [-0.4, -0.2) is 28.5 Å². The molecule has 0 atom stereocenters. The molecular formula is C22H19FN2O5. The normalized spacial score (nSPS) is 10.7. The first-order valence-electron chi connectivity index (χ1n) is 9.25. The summed E-state index contributed by atoms with van der Waals surface area (Å²) in [4.78, 5) is 36.4. The number of rotatable bonds is 7. The summed E-state index contributed by atoms with van der Waals surface area (Å²) in [6.07, 6.45) is 0.0116. The van der Waals surface area contributed by atoms with Crippen LogP contribution in [0.3, 0.4) is 0 Å². The van der Waals surface area contributed by atoms with E-state index < -0.39 is 22.6 Å². The van der Waals surface area contributed by atoms with Gasteiger partial charge in [0, 0.05) is 30.0 Å². The number of hydrogen-bond donors (Lipinski definition) is 1. The van der Waals surface area contributed by atoms with Crippen molar-refractivity contribution in [3.63, 3.8) is 0 Å². The lowest BCUT2D eigenvalue weighted by atomic mass is 10.0. The van der Waals surface area contributed by atoms with Crippen molar-refractivity contribution in [1.29, 1.82) is 0 Å². The van der Waals surface area contributed by atoms with Crippen molar-refractivity contribution in [2.24, 2.45) is 0 Å². The number of hydrogen-bond acceptors (Lipinski definition) is 4. The number of carbonyl (C=O) groups excluding carboxylic acids is 1. The largest absolute Gasteiger partial charge is 0.481 e. The number of non-ortho nitro benzene ring substituents is 1. The van der Waals surface area contributed by atoms with Crippen LogP contribution in [0.2, 0.25) is 0 Å². The van der Waals surface area contributed by atoms with E-state index >= 15 is 0 Å². The van der Waals surface area contributed by atoms with Gasteiger partial charge in [-0.15, -0.1) is 0 Å². The molecule has 0 aliphatic heterocycles. The summed E-state index contributed by atoms with van der Waals surface area (Å²) in [6, 6.07) is 13.5. The lowest BCUT2D eigenvalue weighted by molar-refractivity contribution is -0.383. The SMILES string of the molecule is Cc1ccc(C(=O)N(CCCC(=O)O)c2ccc([N+](=O)[O-])c3ccccc23)cc1F. The van der Waals surface area contributed by atoms with E-state index in [4.69, 9.17) is 5.11 Å². The van der Waals surface area contributed by atoms with Crippen LogP contribution in [0.1, 0.15) is 28.8 Å². The van der Waals surface area contributed by atoms with E-state index in [0.717, 1.165) is 6.07 Å². The minimum atomic E-state index is -1.00. The van der Waals surface area contributed by atoms with Crippen LogP contribution in [0.15, 0.2) is 54.6 Å². The van der Waals surface area contributed by atoms with Gasteiger partial charge in [0.15, 0.2) is 0 Å². The highest BCUT2D eigenvalue weighted by atomic mass is 19.1. The summed E-state index contributed by atoms with van der Waals surface area (Å²) in [5, 5.41) is 21.2. The molecule has 3 aromatic carbocycles. The minimum Gasteiger partial charge on any atom is -0.481 e. The predicted molar refractivity (Wildman–Crippen MR) is 110 cm³/mol. The quantitative estimate of drug-likeness (QED) is 0.449. The Hall–Kier alpha value is -3.81. The van der Waals surface area contributed by atoms with Gasteiger partial charge in [0.1, 0.15) is 5.82 Å². The highest BCUT2D eigenvalue weighted by Gasteiger charge is 2.23. The molecule has 0 fully saturated rings. The second-order valence-electron chi connectivity index (χ2n) is 6.82. The van der Waals surface area contributed by atoms with E-state index in [1.54, 1.807) is 31.2 Å². The standard InChI is InChI=1S/C22H19FN2O5/c1-14-8-9-15(13-18(14)23)22(28)24(12-4-7-21(26)27)19-10-11-20(25(29)30)17-6-3-2-5-16(17)19/h2-3,5-6,8-11,13H,4,7,12H2,1H3,(H,26,27). The summed E-state index contributed by atoms with van der Waals surface area (Å²) in [6.45, 7) is 1.64. The van der Waals surface area contributed by atoms with Gasteiger partial charge < -0.3 is 10.0 Å². The number of carboxylic acids is 1. The number of aryl methyl sites for hydroxylation is 1. The van der Waals surface area contributed by atoms with Gasteiger partial charge >= 0.3 is 5.97 Å². The third-order valence-electron chi connectivity index (χ3n) is 4.80. The topological polar surface area (TPSA) is 101 Å². The molecule has 0 aliphatic carbocycles. The molecule has 3 rings (SSSR count). The first kappa shape index (κ1) is 20.9. The van der Waals surface area contributed by atoms with Crippen molar-refractivity contribution >= 4 is 34.0 Å². The van der Waals surface area contributed by atoms with E-state index in [0.29, 0.717) is 22.0 Å².